The Labute approximate surface area is 146 Å². The molecule has 3 rings (SSSR count). The highest BCUT2D eigenvalue weighted by Gasteiger charge is 2.35. The Hall–Kier alpha value is -2.54. The molecule has 0 radical (unpaired) electrons. The predicted molar refractivity (Wildman–Crippen MR) is 92.0 cm³/mol. The summed E-state index contributed by atoms with van der Waals surface area (Å²) < 4.78 is 10.6. The van der Waals surface area contributed by atoms with Gasteiger partial charge in [-0.25, -0.2) is 0 Å². The van der Waals surface area contributed by atoms with Gasteiger partial charge in [-0.05, 0) is 31.5 Å². The average Bonchev–Trinajstić information content (AvgIpc) is 3.19. The van der Waals surface area contributed by atoms with E-state index in [0.717, 1.165) is 11.4 Å². The number of β-amino-alcohol motifs (C(OH)–C–C–N with tert-alkyl or cyclic N) is 1. The number of aromatic nitrogens is 2. The van der Waals surface area contributed by atoms with E-state index in [4.69, 9.17) is 9.47 Å². The van der Waals surface area contributed by atoms with Crippen LogP contribution in [0.5, 0.6) is 11.5 Å². The van der Waals surface area contributed by atoms with E-state index in [1.807, 2.05) is 13.0 Å². The quantitative estimate of drug-likeness (QED) is 0.855. The van der Waals surface area contributed by atoms with Crippen LogP contribution in [0.15, 0.2) is 24.3 Å². The lowest BCUT2D eigenvalue weighted by Crippen LogP contribution is -2.30. The second-order valence-electron chi connectivity index (χ2n) is 6.33. The van der Waals surface area contributed by atoms with Crippen molar-refractivity contribution in [2.24, 2.45) is 5.92 Å². The maximum atomic E-state index is 12.9. The number of carbonyl (C=O) groups is 1. The average molecular weight is 345 g/mol. The van der Waals surface area contributed by atoms with Gasteiger partial charge in [0.05, 0.1) is 31.6 Å². The van der Waals surface area contributed by atoms with Crippen molar-refractivity contribution in [3.05, 3.63) is 41.2 Å². The van der Waals surface area contributed by atoms with E-state index in [2.05, 4.69) is 10.2 Å². The number of benzene rings is 1. The van der Waals surface area contributed by atoms with Crippen molar-refractivity contribution in [1.82, 2.24) is 15.1 Å². The molecular weight excluding hydrogens is 322 g/mol. The first-order valence-corrected chi connectivity index (χ1v) is 8.22. The molecule has 2 aromatic rings. The number of nitrogens with one attached hydrogen (secondary N) is 1. The number of aliphatic hydroxyl groups excluding tert-OH is 1. The first kappa shape index (κ1) is 17.3. The molecule has 7 heteroatoms. The highest BCUT2D eigenvalue weighted by molar-refractivity contribution is 5.98. The normalized spacial score (nSPS) is 19.9. The number of ether oxygens (including phenoxy) is 2. The minimum absolute atomic E-state index is 0.0387. The highest BCUT2D eigenvalue weighted by atomic mass is 16.5. The molecule has 1 aromatic carbocycles. The molecule has 2 heterocycles. The summed E-state index contributed by atoms with van der Waals surface area (Å²) in [6.07, 6.45) is 0.0578. The molecule has 0 unspecified atom stereocenters. The van der Waals surface area contributed by atoms with Gasteiger partial charge in [0, 0.05) is 24.7 Å². The van der Waals surface area contributed by atoms with Gasteiger partial charge in [0.2, 0.25) is 0 Å². The summed E-state index contributed by atoms with van der Waals surface area (Å²) in [5.41, 5.74) is 2.32. The van der Waals surface area contributed by atoms with Crippen molar-refractivity contribution in [1.29, 1.82) is 0 Å². The van der Waals surface area contributed by atoms with Gasteiger partial charge < -0.3 is 19.5 Å². The van der Waals surface area contributed by atoms with Crippen LogP contribution in [0, 0.1) is 12.8 Å². The van der Waals surface area contributed by atoms with Crippen LogP contribution in [0.2, 0.25) is 0 Å². The van der Waals surface area contributed by atoms with E-state index in [1.165, 1.54) is 14.2 Å². The minimum atomic E-state index is -0.572. The third-order valence-electron chi connectivity index (χ3n) is 4.56. The zero-order valence-electron chi connectivity index (χ0n) is 14.7. The molecule has 1 amide bonds. The molecule has 1 aromatic heterocycles. The summed E-state index contributed by atoms with van der Waals surface area (Å²) in [7, 11) is 3.05. The fourth-order valence-electron chi connectivity index (χ4n) is 3.29. The van der Waals surface area contributed by atoms with Gasteiger partial charge in [-0.2, -0.15) is 5.10 Å². The van der Waals surface area contributed by atoms with Crippen LogP contribution in [0.3, 0.4) is 0 Å². The van der Waals surface area contributed by atoms with Crippen molar-refractivity contribution in [3.63, 3.8) is 0 Å². The van der Waals surface area contributed by atoms with Crippen molar-refractivity contribution >= 4 is 5.91 Å². The molecule has 134 valence electrons. The van der Waals surface area contributed by atoms with Crippen LogP contribution in [-0.2, 0) is 6.42 Å². The minimum Gasteiger partial charge on any atom is -0.493 e. The fourth-order valence-corrected chi connectivity index (χ4v) is 3.29. The summed E-state index contributed by atoms with van der Waals surface area (Å²) in [5.74, 6) is 0.714. The number of hydrogen-bond acceptors (Lipinski definition) is 5. The molecule has 1 saturated heterocycles. The molecule has 0 saturated carbocycles. The lowest BCUT2D eigenvalue weighted by atomic mass is 10.00. The third kappa shape index (κ3) is 3.46. The Morgan fingerprint density at radius 2 is 2.16 bits per heavy atom. The summed E-state index contributed by atoms with van der Waals surface area (Å²) in [6, 6.07) is 7.17. The summed E-state index contributed by atoms with van der Waals surface area (Å²) in [6.45, 7) is 2.71. The lowest BCUT2D eigenvalue weighted by Gasteiger charge is -2.19. The van der Waals surface area contributed by atoms with E-state index < -0.39 is 6.10 Å². The molecule has 1 aliphatic heterocycles. The van der Waals surface area contributed by atoms with Gasteiger partial charge in [0.1, 0.15) is 0 Å². The van der Waals surface area contributed by atoms with Crippen LogP contribution in [0.25, 0.3) is 0 Å². The molecule has 25 heavy (non-hydrogen) atoms. The largest absolute Gasteiger partial charge is 0.493 e. The first-order chi connectivity index (χ1) is 12.0. The van der Waals surface area contributed by atoms with Gasteiger partial charge >= 0.3 is 0 Å². The van der Waals surface area contributed by atoms with E-state index in [-0.39, 0.29) is 11.8 Å². The smallest absolute Gasteiger partial charge is 0.257 e. The molecule has 1 aliphatic rings. The number of amides is 1. The number of para-hydroxylation sites is 1. The Morgan fingerprint density at radius 3 is 2.80 bits per heavy atom. The molecule has 2 N–H and O–H groups in total. The van der Waals surface area contributed by atoms with Crippen molar-refractivity contribution in [3.8, 4) is 11.5 Å². The van der Waals surface area contributed by atoms with Crippen molar-refractivity contribution in [2.75, 3.05) is 27.3 Å². The maximum absolute atomic E-state index is 12.9. The number of likely N-dealkylation sites (tertiary alicyclic amines) is 1. The molecular formula is C18H23N3O4. The molecule has 2 atom stereocenters. The third-order valence-corrected chi connectivity index (χ3v) is 4.56. The van der Waals surface area contributed by atoms with Crippen LogP contribution < -0.4 is 9.47 Å². The number of aryl methyl sites for hydroxylation is 1. The van der Waals surface area contributed by atoms with E-state index in [0.29, 0.717) is 36.6 Å². The van der Waals surface area contributed by atoms with Crippen LogP contribution in [0.4, 0.5) is 0 Å². The zero-order chi connectivity index (χ0) is 18.0. The van der Waals surface area contributed by atoms with Gasteiger partial charge in [0.15, 0.2) is 11.5 Å². The van der Waals surface area contributed by atoms with E-state index >= 15 is 0 Å². The van der Waals surface area contributed by atoms with Gasteiger partial charge in [-0.15, -0.1) is 0 Å². The number of methoxy groups -OCH3 is 2. The fraction of sp³-hybridized carbons (Fsp3) is 0.444. The number of hydrogen-bond donors (Lipinski definition) is 2. The molecule has 0 aliphatic carbocycles. The standard InChI is InChI=1S/C18H23N3O4/c1-11-7-13(20-19-11)8-12-9-21(10-15(12)22)18(23)14-5-4-6-16(24-2)17(14)25-3/h4-7,12,15,22H,8-10H2,1-3H3,(H,19,20)/t12-,15-/m1/s1. The molecule has 7 nitrogen and oxygen atoms in total. The SMILES string of the molecule is COc1cccc(C(=O)N2C[C@@H](Cc3cc(C)[nH]n3)[C@H](O)C2)c1OC. The van der Waals surface area contributed by atoms with Crippen molar-refractivity contribution in [2.45, 2.75) is 19.4 Å². The maximum Gasteiger partial charge on any atom is 0.257 e. The highest BCUT2D eigenvalue weighted by Crippen LogP contribution is 2.33. The zero-order valence-corrected chi connectivity index (χ0v) is 14.7. The lowest BCUT2D eigenvalue weighted by molar-refractivity contribution is 0.0760. The second kappa shape index (κ2) is 7.14. The predicted octanol–water partition coefficient (Wildman–Crippen LogP) is 1.41. The second-order valence-corrected chi connectivity index (χ2v) is 6.33. The number of H-pyrrole nitrogens is 1. The van der Waals surface area contributed by atoms with Gasteiger partial charge in [-0.1, -0.05) is 6.07 Å². The molecule has 0 spiro atoms. The Bertz CT molecular complexity index is 759. The van der Waals surface area contributed by atoms with Crippen LogP contribution in [-0.4, -0.2) is 59.5 Å². The van der Waals surface area contributed by atoms with Gasteiger partial charge in [-0.3, -0.25) is 9.89 Å². The molecule has 0 bridgehead atoms. The first-order valence-electron chi connectivity index (χ1n) is 8.22. The van der Waals surface area contributed by atoms with E-state index in [1.54, 1.807) is 23.1 Å². The summed E-state index contributed by atoms with van der Waals surface area (Å²) in [4.78, 5) is 14.6. The molecule has 1 fully saturated rings. The van der Waals surface area contributed by atoms with Gasteiger partial charge in [0.25, 0.3) is 5.91 Å². The topological polar surface area (TPSA) is 87.7 Å². The summed E-state index contributed by atoms with van der Waals surface area (Å²) in [5, 5.41) is 17.5. The number of aliphatic hydroxyl groups is 1. The van der Waals surface area contributed by atoms with Crippen LogP contribution >= 0.6 is 0 Å². The number of rotatable bonds is 5. The Morgan fingerprint density at radius 1 is 1.36 bits per heavy atom. The Kier molecular flexibility index (Phi) is 4.94. The Balaban J connectivity index is 1.76. The van der Waals surface area contributed by atoms with Crippen molar-refractivity contribution < 1.29 is 19.4 Å². The number of nitrogens with zero attached hydrogens (tertiary/aromatic N) is 2. The summed E-state index contributed by atoms with van der Waals surface area (Å²) >= 11 is 0. The number of carbonyl (C=O) groups excluding carboxylic acids is 1. The number of aromatic amines is 1. The van der Waals surface area contributed by atoms with E-state index in [9.17, 15) is 9.90 Å². The monoisotopic (exact) mass is 345 g/mol. The van der Waals surface area contributed by atoms with Crippen LogP contribution in [0.1, 0.15) is 21.7 Å².